The predicted octanol–water partition coefficient (Wildman–Crippen LogP) is 3.81. The second kappa shape index (κ2) is 8.63. The Labute approximate surface area is 170 Å². The Bertz CT molecular complexity index is 926. The van der Waals surface area contributed by atoms with Crippen molar-refractivity contribution in [2.24, 2.45) is 0 Å². The number of methoxy groups -OCH3 is 1. The Balaban J connectivity index is 1.90. The third kappa shape index (κ3) is 4.24. The van der Waals surface area contributed by atoms with Gasteiger partial charge in [-0.1, -0.05) is 12.5 Å². The maximum atomic E-state index is 13.3. The van der Waals surface area contributed by atoms with Crippen molar-refractivity contribution in [3.05, 3.63) is 46.2 Å². The molecular formula is C20H26N2O4S2. The van der Waals surface area contributed by atoms with Crippen molar-refractivity contribution >= 4 is 27.3 Å². The summed E-state index contributed by atoms with van der Waals surface area (Å²) in [5.41, 5.74) is 0.299. The van der Waals surface area contributed by atoms with Crippen LogP contribution in [0.2, 0.25) is 0 Å². The number of amides is 1. The third-order valence-corrected chi connectivity index (χ3v) is 8.16. The molecule has 0 aliphatic carbocycles. The molecule has 0 radical (unpaired) electrons. The van der Waals surface area contributed by atoms with Gasteiger partial charge in [0.2, 0.25) is 10.0 Å². The minimum Gasteiger partial charge on any atom is -0.495 e. The fraction of sp³-hybridized carbons (Fsp3) is 0.450. The van der Waals surface area contributed by atoms with Gasteiger partial charge in [0.25, 0.3) is 5.91 Å². The summed E-state index contributed by atoms with van der Waals surface area (Å²) >= 11 is 1.56. The molecule has 152 valence electrons. The van der Waals surface area contributed by atoms with Crippen molar-refractivity contribution in [3.63, 3.8) is 0 Å². The molecule has 2 aromatic rings. The van der Waals surface area contributed by atoms with Crippen LogP contribution in [0, 0.1) is 0 Å². The van der Waals surface area contributed by atoms with Crippen LogP contribution in [-0.4, -0.2) is 38.3 Å². The topological polar surface area (TPSA) is 75.7 Å². The lowest BCUT2D eigenvalue weighted by molar-refractivity contribution is 0.0940. The lowest BCUT2D eigenvalue weighted by Crippen LogP contribution is -2.42. The lowest BCUT2D eigenvalue weighted by Gasteiger charge is -2.32. The van der Waals surface area contributed by atoms with Crippen LogP contribution in [0.1, 0.15) is 54.4 Å². The van der Waals surface area contributed by atoms with Crippen LogP contribution in [-0.2, 0) is 10.0 Å². The second-order valence-corrected chi connectivity index (χ2v) is 9.88. The molecule has 1 amide bonds. The van der Waals surface area contributed by atoms with Crippen LogP contribution >= 0.6 is 11.3 Å². The number of carbonyl (C=O) groups excluding carboxylic acids is 1. The molecule has 2 atom stereocenters. The van der Waals surface area contributed by atoms with Gasteiger partial charge < -0.3 is 10.1 Å². The molecule has 0 spiro atoms. The monoisotopic (exact) mass is 422 g/mol. The molecule has 1 N–H and O–H groups in total. The summed E-state index contributed by atoms with van der Waals surface area (Å²) in [6.07, 6.45) is 2.69. The van der Waals surface area contributed by atoms with Crippen molar-refractivity contribution in [2.75, 3.05) is 13.7 Å². The molecule has 6 nitrogen and oxygen atoms in total. The summed E-state index contributed by atoms with van der Waals surface area (Å²) < 4.78 is 33.4. The maximum Gasteiger partial charge on any atom is 0.251 e. The van der Waals surface area contributed by atoms with E-state index in [4.69, 9.17) is 4.74 Å². The highest BCUT2D eigenvalue weighted by Gasteiger charge is 2.33. The minimum absolute atomic E-state index is 0.0418. The molecule has 1 fully saturated rings. The van der Waals surface area contributed by atoms with Gasteiger partial charge in [0.15, 0.2) is 0 Å². The van der Waals surface area contributed by atoms with E-state index >= 15 is 0 Å². The summed E-state index contributed by atoms with van der Waals surface area (Å²) in [5.74, 6) is -0.0627. The minimum atomic E-state index is -3.75. The first-order chi connectivity index (χ1) is 13.3. The molecule has 0 saturated carbocycles. The smallest absolute Gasteiger partial charge is 0.251 e. The molecule has 0 unspecified atom stereocenters. The van der Waals surface area contributed by atoms with Crippen LogP contribution in [0.25, 0.3) is 0 Å². The number of nitrogens with zero attached hydrogens (tertiary/aromatic N) is 1. The van der Waals surface area contributed by atoms with Crippen LogP contribution in [0.4, 0.5) is 0 Å². The van der Waals surface area contributed by atoms with E-state index in [2.05, 4.69) is 5.32 Å². The SMILES string of the molecule is COc1ccc(C(=O)N[C@@H](C)c2cccs2)cc1S(=O)(=O)N1CCCC[C@@H]1C. The summed E-state index contributed by atoms with van der Waals surface area (Å²) in [5, 5.41) is 4.88. The van der Waals surface area contributed by atoms with Crippen LogP contribution < -0.4 is 10.1 Å². The van der Waals surface area contributed by atoms with E-state index in [0.717, 1.165) is 24.1 Å². The van der Waals surface area contributed by atoms with Crippen LogP contribution in [0.15, 0.2) is 40.6 Å². The molecule has 1 saturated heterocycles. The summed E-state index contributed by atoms with van der Waals surface area (Å²) in [4.78, 5) is 13.8. The van der Waals surface area contributed by atoms with Gasteiger partial charge >= 0.3 is 0 Å². The van der Waals surface area contributed by atoms with Crippen molar-refractivity contribution in [1.82, 2.24) is 9.62 Å². The van der Waals surface area contributed by atoms with Gasteiger partial charge in [-0.3, -0.25) is 4.79 Å². The first kappa shape index (κ1) is 20.8. The van der Waals surface area contributed by atoms with E-state index in [1.165, 1.54) is 17.5 Å². The van der Waals surface area contributed by atoms with E-state index in [1.54, 1.807) is 23.5 Å². The van der Waals surface area contributed by atoms with Crippen LogP contribution in [0.5, 0.6) is 5.75 Å². The fourth-order valence-electron chi connectivity index (χ4n) is 3.46. The average molecular weight is 423 g/mol. The number of sulfonamides is 1. The molecule has 1 aromatic carbocycles. The van der Waals surface area contributed by atoms with Gasteiger partial charge in [0.1, 0.15) is 10.6 Å². The predicted molar refractivity (Wildman–Crippen MR) is 110 cm³/mol. The number of ether oxygens (including phenoxy) is 1. The Hall–Kier alpha value is -1.90. The van der Waals surface area contributed by atoms with E-state index in [0.29, 0.717) is 12.1 Å². The second-order valence-electron chi connectivity index (χ2n) is 7.04. The van der Waals surface area contributed by atoms with Gasteiger partial charge in [-0.05, 0) is 56.3 Å². The molecule has 0 bridgehead atoms. The normalized spacial score (nSPS) is 19.2. The van der Waals surface area contributed by atoms with Gasteiger partial charge in [-0.15, -0.1) is 11.3 Å². The van der Waals surface area contributed by atoms with Gasteiger partial charge in [0.05, 0.1) is 13.2 Å². The maximum absolute atomic E-state index is 13.3. The van der Waals surface area contributed by atoms with Crippen LogP contribution in [0.3, 0.4) is 0 Å². The highest BCUT2D eigenvalue weighted by Crippen LogP contribution is 2.32. The first-order valence-corrected chi connectivity index (χ1v) is 11.7. The third-order valence-electron chi connectivity index (χ3n) is 5.07. The number of hydrogen-bond donors (Lipinski definition) is 1. The largest absolute Gasteiger partial charge is 0.495 e. The Morgan fingerprint density at radius 3 is 2.75 bits per heavy atom. The van der Waals surface area contributed by atoms with Crippen molar-refractivity contribution < 1.29 is 17.9 Å². The molecule has 1 aliphatic heterocycles. The molecule has 1 aromatic heterocycles. The van der Waals surface area contributed by atoms with E-state index in [-0.39, 0.29) is 28.6 Å². The fourth-order valence-corrected chi connectivity index (χ4v) is 6.08. The quantitative estimate of drug-likeness (QED) is 0.768. The summed E-state index contributed by atoms with van der Waals surface area (Å²) in [6, 6.07) is 8.22. The molecule has 3 rings (SSSR count). The number of nitrogens with one attached hydrogen (secondary N) is 1. The number of carbonyl (C=O) groups is 1. The number of hydrogen-bond acceptors (Lipinski definition) is 5. The molecule has 8 heteroatoms. The zero-order valence-electron chi connectivity index (χ0n) is 16.3. The van der Waals surface area contributed by atoms with E-state index in [1.807, 2.05) is 31.4 Å². The number of benzene rings is 1. The summed E-state index contributed by atoms with van der Waals surface area (Å²) in [6.45, 7) is 4.31. The zero-order valence-corrected chi connectivity index (χ0v) is 18.0. The highest BCUT2D eigenvalue weighted by molar-refractivity contribution is 7.89. The highest BCUT2D eigenvalue weighted by atomic mass is 32.2. The summed E-state index contributed by atoms with van der Waals surface area (Å²) in [7, 11) is -2.31. The van der Waals surface area contributed by atoms with Gasteiger partial charge in [-0.2, -0.15) is 4.31 Å². The van der Waals surface area contributed by atoms with E-state index in [9.17, 15) is 13.2 Å². The molecule has 2 heterocycles. The van der Waals surface area contributed by atoms with Crippen molar-refractivity contribution in [2.45, 2.75) is 50.1 Å². The first-order valence-electron chi connectivity index (χ1n) is 9.38. The van der Waals surface area contributed by atoms with Gasteiger partial charge in [-0.25, -0.2) is 8.42 Å². The molecular weight excluding hydrogens is 396 g/mol. The number of rotatable bonds is 6. The van der Waals surface area contributed by atoms with Gasteiger partial charge in [0, 0.05) is 23.0 Å². The van der Waals surface area contributed by atoms with Crippen molar-refractivity contribution in [3.8, 4) is 5.75 Å². The Kier molecular flexibility index (Phi) is 6.42. The Morgan fingerprint density at radius 1 is 1.32 bits per heavy atom. The molecule has 28 heavy (non-hydrogen) atoms. The van der Waals surface area contributed by atoms with E-state index < -0.39 is 10.0 Å². The number of thiophene rings is 1. The lowest BCUT2D eigenvalue weighted by atomic mass is 10.1. The number of piperidine rings is 1. The molecule has 1 aliphatic rings. The van der Waals surface area contributed by atoms with Crippen molar-refractivity contribution in [1.29, 1.82) is 0 Å². The Morgan fingerprint density at radius 2 is 2.11 bits per heavy atom. The zero-order chi connectivity index (χ0) is 20.3. The average Bonchev–Trinajstić information content (AvgIpc) is 3.22. The standard InChI is InChI=1S/C20H26N2O4S2/c1-14-7-4-5-11-22(14)28(24,25)19-13-16(9-10-17(19)26-3)20(23)21-15(2)18-8-6-12-27-18/h6,8-10,12-15H,4-5,7,11H2,1-3H3,(H,21,23)/t14-,15-/m0/s1.